The van der Waals surface area contributed by atoms with Crippen molar-refractivity contribution >= 4 is 24.3 Å². The summed E-state index contributed by atoms with van der Waals surface area (Å²) in [5, 5.41) is 51.9. The molecule has 0 unspecified atom stereocenters. The molecule has 2 fully saturated rings. The van der Waals surface area contributed by atoms with E-state index in [1.165, 1.54) is 0 Å². The molecule has 6 N–H and O–H groups in total. The molecule has 0 aliphatic carbocycles. The van der Waals surface area contributed by atoms with Crippen LogP contribution in [0, 0.1) is 0 Å². The van der Waals surface area contributed by atoms with Gasteiger partial charge in [-0.1, -0.05) is 83.1 Å². The number of aromatic carboxylic acids is 1. The molecule has 1 amide bonds. The highest BCUT2D eigenvalue weighted by atomic mass is 35.5. The first-order valence-electron chi connectivity index (χ1n) is 16.3. The Kier molecular flexibility index (Phi) is 13.1. The SMILES string of the molecule is CC(C)(C)c1cc(C(=O)O)cc(C(C)(C)C)c1O.CC1(O)CN(C(=O)c2cc(C(C)(C)C)c(O)c(C(C)(C)C)c2)C1.CC1(O)CNC1.Cl. The number of likely N-dealkylation sites (tertiary alicyclic amines) is 1. The van der Waals surface area contributed by atoms with Gasteiger partial charge in [0.1, 0.15) is 11.5 Å². The van der Waals surface area contributed by atoms with Crippen molar-refractivity contribution in [1.29, 1.82) is 0 Å². The smallest absolute Gasteiger partial charge is 0.335 e. The van der Waals surface area contributed by atoms with Crippen LogP contribution in [0.4, 0.5) is 0 Å². The number of halogens is 1. The Balaban J connectivity index is 0.000000409. The number of aliphatic hydroxyl groups is 2. The van der Waals surface area contributed by atoms with Gasteiger partial charge in [-0.15, -0.1) is 12.4 Å². The number of phenolic OH excluding ortho intramolecular Hbond substituents is 2. The Labute approximate surface area is 294 Å². The molecule has 0 spiro atoms. The Bertz CT molecular complexity index is 1390. The number of nitrogens with zero attached hydrogens (tertiary/aromatic N) is 1. The molecule has 0 saturated carbocycles. The average Bonchev–Trinajstić information content (AvgIpc) is 2.84. The number of hydrogen-bond acceptors (Lipinski definition) is 7. The van der Waals surface area contributed by atoms with Crippen LogP contribution < -0.4 is 5.32 Å². The number of β-amino-alcohol motifs (C(OH)–C–C–N with tert-alkyl or cyclic N) is 2. The third-order valence-corrected chi connectivity index (χ3v) is 8.31. The van der Waals surface area contributed by atoms with Crippen LogP contribution in [-0.2, 0) is 21.7 Å². The average molecular weight is 693 g/mol. The fourth-order valence-corrected chi connectivity index (χ4v) is 5.39. The molecule has 272 valence electrons. The number of carboxylic acids is 1. The molecule has 2 aromatic rings. The molecule has 48 heavy (non-hydrogen) atoms. The first kappa shape index (κ1) is 43.2. The van der Waals surface area contributed by atoms with E-state index in [0.29, 0.717) is 29.8 Å². The summed E-state index contributed by atoms with van der Waals surface area (Å²) in [6.45, 7) is 29.7. The highest BCUT2D eigenvalue weighted by Gasteiger charge is 2.40. The van der Waals surface area contributed by atoms with E-state index in [1.807, 2.05) is 90.0 Å². The lowest BCUT2D eigenvalue weighted by Gasteiger charge is -2.44. The van der Waals surface area contributed by atoms with Gasteiger partial charge in [-0.3, -0.25) is 4.79 Å². The van der Waals surface area contributed by atoms with Gasteiger partial charge >= 0.3 is 5.97 Å². The van der Waals surface area contributed by atoms with Crippen molar-refractivity contribution < 1.29 is 35.1 Å². The predicted molar refractivity (Wildman–Crippen MR) is 195 cm³/mol. The number of carbonyl (C=O) groups is 2. The third-order valence-electron chi connectivity index (χ3n) is 8.31. The topological polar surface area (TPSA) is 151 Å². The van der Waals surface area contributed by atoms with Crippen molar-refractivity contribution in [3.63, 3.8) is 0 Å². The van der Waals surface area contributed by atoms with Crippen LogP contribution in [-0.4, -0.2) is 79.7 Å². The van der Waals surface area contributed by atoms with Crippen LogP contribution in [0.2, 0.25) is 0 Å². The molecular formula is C38H61ClN2O7. The highest BCUT2D eigenvalue weighted by Crippen LogP contribution is 2.41. The number of benzene rings is 2. The van der Waals surface area contributed by atoms with E-state index < -0.39 is 11.6 Å². The van der Waals surface area contributed by atoms with Crippen molar-refractivity contribution in [3.8, 4) is 11.5 Å². The number of phenols is 2. The van der Waals surface area contributed by atoms with E-state index in [0.717, 1.165) is 24.2 Å². The monoisotopic (exact) mass is 692 g/mol. The number of amides is 1. The molecule has 4 rings (SSSR count). The number of carboxylic acid groups (broad SMARTS) is 1. The van der Waals surface area contributed by atoms with Gasteiger partial charge in [0, 0.05) is 40.9 Å². The van der Waals surface area contributed by atoms with Crippen LogP contribution in [0.25, 0.3) is 0 Å². The summed E-state index contributed by atoms with van der Waals surface area (Å²) in [7, 11) is 0. The number of rotatable bonds is 2. The van der Waals surface area contributed by atoms with Crippen LogP contribution in [0.15, 0.2) is 24.3 Å². The normalized spacial score (nSPS) is 16.9. The molecule has 0 bridgehead atoms. The quantitative estimate of drug-likeness (QED) is 0.205. The first-order valence-corrected chi connectivity index (χ1v) is 16.3. The zero-order valence-electron chi connectivity index (χ0n) is 31.5. The van der Waals surface area contributed by atoms with Crippen LogP contribution in [0.5, 0.6) is 11.5 Å². The van der Waals surface area contributed by atoms with E-state index in [2.05, 4.69) is 5.32 Å². The predicted octanol–water partition coefficient (Wildman–Crippen LogP) is 6.64. The lowest BCUT2D eigenvalue weighted by atomic mass is 9.78. The highest BCUT2D eigenvalue weighted by molar-refractivity contribution is 5.96. The van der Waals surface area contributed by atoms with Crippen LogP contribution in [0.3, 0.4) is 0 Å². The van der Waals surface area contributed by atoms with Gasteiger partial charge in [0.05, 0.1) is 29.9 Å². The third kappa shape index (κ3) is 11.1. The number of hydrogen-bond donors (Lipinski definition) is 6. The van der Waals surface area contributed by atoms with Crippen molar-refractivity contribution in [2.75, 3.05) is 26.2 Å². The second kappa shape index (κ2) is 14.6. The van der Waals surface area contributed by atoms with Gasteiger partial charge in [-0.2, -0.15) is 0 Å². The Morgan fingerprint density at radius 3 is 1.08 bits per heavy atom. The standard InChI is InChI=1S/C19H29NO3.C15H22O3.C4H9NO.ClH/c1-17(2,3)13-8-12(9-14(15(13)21)18(4,5)6)16(22)20-10-19(7,23)11-20;1-14(2,3)10-7-9(13(17)18)8-11(12(10)16)15(4,5)6;1-4(6)2-5-3-4;/h8-9,21,23H,10-11H2,1-7H3;7-8,16H,1-6H3,(H,17,18);5-6H,2-3H2,1H3;1H. The molecule has 10 heteroatoms. The van der Waals surface area contributed by atoms with Crippen LogP contribution >= 0.6 is 12.4 Å². The maximum absolute atomic E-state index is 12.7. The van der Waals surface area contributed by atoms with Crippen LogP contribution in [0.1, 0.15) is 140 Å². The fraction of sp³-hybridized carbons (Fsp3) is 0.632. The zero-order valence-corrected chi connectivity index (χ0v) is 32.4. The second-order valence-electron chi connectivity index (χ2n) is 17.9. The van der Waals surface area contributed by atoms with Gasteiger partial charge in [0.2, 0.25) is 0 Å². The van der Waals surface area contributed by atoms with Crippen molar-refractivity contribution in [2.24, 2.45) is 0 Å². The molecule has 2 aliphatic heterocycles. The van der Waals surface area contributed by atoms with Gasteiger partial charge in [0.15, 0.2) is 0 Å². The maximum atomic E-state index is 12.7. The van der Waals surface area contributed by atoms with Crippen molar-refractivity contribution in [1.82, 2.24) is 10.2 Å². The van der Waals surface area contributed by atoms with Gasteiger partial charge in [0.25, 0.3) is 5.91 Å². The number of aromatic hydroxyl groups is 2. The van der Waals surface area contributed by atoms with E-state index in [1.54, 1.807) is 36.1 Å². The van der Waals surface area contributed by atoms with Crippen molar-refractivity contribution in [2.45, 2.75) is 130 Å². The minimum absolute atomic E-state index is 0. The molecular weight excluding hydrogens is 632 g/mol. The van der Waals surface area contributed by atoms with E-state index in [-0.39, 0.29) is 62.6 Å². The fourth-order valence-electron chi connectivity index (χ4n) is 5.39. The maximum Gasteiger partial charge on any atom is 0.335 e. The summed E-state index contributed by atoms with van der Waals surface area (Å²) < 4.78 is 0. The van der Waals surface area contributed by atoms with Crippen molar-refractivity contribution in [3.05, 3.63) is 57.6 Å². The molecule has 2 aliphatic rings. The van der Waals surface area contributed by atoms with Gasteiger partial charge < -0.3 is 35.7 Å². The minimum Gasteiger partial charge on any atom is -0.507 e. The van der Waals surface area contributed by atoms with E-state index in [9.17, 15) is 30.0 Å². The summed E-state index contributed by atoms with van der Waals surface area (Å²) in [6.07, 6.45) is 0. The summed E-state index contributed by atoms with van der Waals surface area (Å²) >= 11 is 0. The molecule has 0 atom stereocenters. The zero-order chi connectivity index (χ0) is 36.7. The lowest BCUT2D eigenvalue weighted by molar-refractivity contribution is -0.0668. The van der Waals surface area contributed by atoms with E-state index >= 15 is 0 Å². The molecule has 9 nitrogen and oxygen atoms in total. The lowest BCUT2D eigenvalue weighted by Crippen LogP contribution is -2.61. The Morgan fingerprint density at radius 1 is 0.625 bits per heavy atom. The molecule has 2 saturated heterocycles. The number of nitrogens with one attached hydrogen (secondary N) is 1. The minimum atomic E-state index is -0.967. The summed E-state index contributed by atoms with van der Waals surface area (Å²) in [5.74, 6) is -0.573. The Hall–Kier alpha value is -2.85. The molecule has 0 aromatic heterocycles. The summed E-state index contributed by atoms with van der Waals surface area (Å²) in [5.41, 5.74) is 1.41. The second-order valence-corrected chi connectivity index (χ2v) is 17.9. The first-order chi connectivity index (χ1) is 20.9. The summed E-state index contributed by atoms with van der Waals surface area (Å²) in [4.78, 5) is 25.6. The van der Waals surface area contributed by atoms with Gasteiger partial charge in [-0.25, -0.2) is 4.79 Å². The molecule has 2 aromatic carbocycles. The van der Waals surface area contributed by atoms with E-state index in [4.69, 9.17) is 5.11 Å². The van der Waals surface area contributed by atoms with Gasteiger partial charge in [-0.05, 0) is 59.8 Å². The largest absolute Gasteiger partial charge is 0.507 e. The molecule has 0 radical (unpaired) electrons. The summed E-state index contributed by atoms with van der Waals surface area (Å²) in [6, 6.07) is 6.71. The number of carbonyl (C=O) groups excluding carboxylic acids is 1. The molecule has 2 heterocycles. The Morgan fingerprint density at radius 2 is 0.896 bits per heavy atom.